The van der Waals surface area contributed by atoms with Gasteiger partial charge in [-0.05, 0) is 18.2 Å². The highest BCUT2D eigenvalue weighted by molar-refractivity contribution is 5.94. The van der Waals surface area contributed by atoms with Gasteiger partial charge in [0.1, 0.15) is 0 Å². The molecule has 7 heteroatoms. The minimum absolute atomic E-state index is 0.0997. The van der Waals surface area contributed by atoms with E-state index in [0.717, 1.165) is 6.08 Å². The molecular weight excluding hydrogens is 278 g/mol. The van der Waals surface area contributed by atoms with Gasteiger partial charge in [0, 0.05) is 25.5 Å². The number of esters is 1. The van der Waals surface area contributed by atoms with E-state index >= 15 is 0 Å². The third-order valence-corrected chi connectivity index (χ3v) is 2.31. The Morgan fingerprint density at radius 3 is 2.33 bits per heavy atom. The van der Waals surface area contributed by atoms with E-state index in [2.05, 4.69) is 5.32 Å². The van der Waals surface area contributed by atoms with Crippen molar-refractivity contribution in [1.29, 1.82) is 0 Å². The zero-order valence-electron chi connectivity index (χ0n) is 11.8. The van der Waals surface area contributed by atoms with Gasteiger partial charge in [-0.1, -0.05) is 0 Å². The Labute approximate surface area is 121 Å². The van der Waals surface area contributed by atoms with E-state index in [1.807, 2.05) is 0 Å². The van der Waals surface area contributed by atoms with Gasteiger partial charge in [0.05, 0.1) is 12.8 Å². The molecule has 7 nitrogen and oxygen atoms in total. The summed E-state index contributed by atoms with van der Waals surface area (Å²) in [4.78, 5) is 32.9. The van der Waals surface area contributed by atoms with Gasteiger partial charge < -0.3 is 19.9 Å². The topological polar surface area (TPSA) is 102 Å². The fourth-order valence-electron chi connectivity index (χ4n) is 1.58. The molecule has 112 valence electrons. The maximum absolute atomic E-state index is 11.1. The molecule has 0 fully saturated rings. The average Bonchev–Trinajstić information content (AvgIpc) is 2.36. The number of nitrogens with one attached hydrogen (secondary N) is 1. The summed E-state index contributed by atoms with van der Waals surface area (Å²) in [6.07, 6.45) is 0.863. The summed E-state index contributed by atoms with van der Waals surface area (Å²) in [7, 11) is 1.38. The number of hydrogen-bond donors (Lipinski definition) is 2. The van der Waals surface area contributed by atoms with Crippen molar-refractivity contribution in [3.05, 3.63) is 29.8 Å². The zero-order valence-corrected chi connectivity index (χ0v) is 11.8. The van der Waals surface area contributed by atoms with Gasteiger partial charge in [0.2, 0.25) is 5.91 Å². The van der Waals surface area contributed by atoms with Gasteiger partial charge in [-0.2, -0.15) is 0 Å². The Balaban J connectivity index is 3.24. The molecule has 0 aromatic heterocycles. The van der Waals surface area contributed by atoms with Crippen molar-refractivity contribution in [3.8, 4) is 11.5 Å². The highest BCUT2D eigenvalue weighted by Gasteiger charge is 2.12. The largest absolute Gasteiger partial charge is 0.493 e. The van der Waals surface area contributed by atoms with Crippen molar-refractivity contribution in [2.45, 2.75) is 13.8 Å². The number of carbonyl (C=O) groups is 3. The first kappa shape index (κ1) is 16.2. The van der Waals surface area contributed by atoms with Crippen LogP contribution in [0.3, 0.4) is 0 Å². The second kappa shape index (κ2) is 7.09. The lowest BCUT2D eigenvalue weighted by molar-refractivity contribution is -0.132. The molecule has 0 aliphatic heterocycles. The Hall–Kier alpha value is -2.83. The number of benzene rings is 1. The molecule has 0 aliphatic carbocycles. The molecule has 1 aromatic carbocycles. The number of methoxy groups -OCH3 is 1. The quantitative estimate of drug-likeness (QED) is 0.480. The summed E-state index contributed by atoms with van der Waals surface area (Å²) in [5.74, 6) is -1.69. The van der Waals surface area contributed by atoms with Crippen LogP contribution in [0.1, 0.15) is 19.4 Å². The van der Waals surface area contributed by atoms with Gasteiger partial charge in [-0.25, -0.2) is 4.79 Å². The van der Waals surface area contributed by atoms with E-state index < -0.39 is 17.8 Å². The molecule has 1 amide bonds. The van der Waals surface area contributed by atoms with Crippen molar-refractivity contribution in [1.82, 2.24) is 5.32 Å². The lowest BCUT2D eigenvalue weighted by Crippen LogP contribution is -2.19. The van der Waals surface area contributed by atoms with Crippen LogP contribution in [0.25, 0.3) is 5.70 Å². The molecule has 0 bridgehead atoms. The summed E-state index contributed by atoms with van der Waals surface area (Å²) in [6.45, 7) is 2.51. The Morgan fingerprint density at radius 1 is 1.19 bits per heavy atom. The molecule has 1 aromatic rings. The van der Waals surface area contributed by atoms with E-state index in [1.165, 1.54) is 39.2 Å². The first-order valence-electron chi connectivity index (χ1n) is 5.92. The lowest BCUT2D eigenvalue weighted by Gasteiger charge is -2.12. The smallest absolute Gasteiger partial charge is 0.330 e. The van der Waals surface area contributed by atoms with Crippen LogP contribution in [-0.2, 0) is 14.4 Å². The second-order valence-electron chi connectivity index (χ2n) is 4.04. The van der Waals surface area contributed by atoms with E-state index in [9.17, 15) is 14.4 Å². The number of aliphatic carboxylic acids is 1. The first-order chi connectivity index (χ1) is 9.83. The highest BCUT2D eigenvalue weighted by atomic mass is 16.6. The van der Waals surface area contributed by atoms with Crippen LogP contribution in [-0.4, -0.2) is 30.1 Å². The number of rotatable bonds is 5. The molecule has 0 saturated heterocycles. The SMILES string of the molecule is COc1cc(C(=CC(=O)O)NC(C)=O)ccc1OC(C)=O. The molecule has 0 spiro atoms. The molecule has 0 aliphatic rings. The second-order valence-corrected chi connectivity index (χ2v) is 4.04. The van der Waals surface area contributed by atoms with Crippen LogP contribution < -0.4 is 14.8 Å². The highest BCUT2D eigenvalue weighted by Crippen LogP contribution is 2.30. The number of carboxylic acid groups (broad SMARTS) is 1. The Morgan fingerprint density at radius 2 is 1.86 bits per heavy atom. The summed E-state index contributed by atoms with van der Waals surface area (Å²) >= 11 is 0. The first-order valence-corrected chi connectivity index (χ1v) is 5.92. The van der Waals surface area contributed by atoms with E-state index in [4.69, 9.17) is 14.6 Å². The molecule has 0 saturated carbocycles. The van der Waals surface area contributed by atoms with Crippen LogP contribution in [0.15, 0.2) is 24.3 Å². The molecular formula is C14H15NO6. The Kier molecular flexibility index (Phi) is 5.48. The number of amides is 1. The zero-order chi connectivity index (χ0) is 16.0. The van der Waals surface area contributed by atoms with Crippen LogP contribution in [0.5, 0.6) is 11.5 Å². The van der Waals surface area contributed by atoms with Crippen molar-refractivity contribution >= 4 is 23.5 Å². The van der Waals surface area contributed by atoms with Gasteiger partial charge in [-0.3, -0.25) is 9.59 Å². The van der Waals surface area contributed by atoms with Crippen LogP contribution in [0.2, 0.25) is 0 Å². The van der Waals surface area contributed by atoms with Gasteiger partial charge in [-0.15, -0.1) is 0 Å². The van der Waals surface area contributed by atoms with Crippen LogP contribution in [0, 0.1) is 0 Å². The van der Waals surface area contributed by atoms with Gasteiger partial charge >= 0.3 is 11.9 Å². The Bertz CT molecular complexity index is 605. The molecule has 1 rings (SSSR count). The van der Waals surface area contributed by atoms with Crippen molar-refractivity contribution < 1.29 is 29.0 Å². The molecule has 2 N–H and O–H groups in total. The monoisotopic (exact) mass is 293 g/mol. The van der Waals surface area contributed by atoms with Crippen molar-refractivity contribution in [2.24, 2.45) is 0 Å². The molecule has 0 unspecified atom stereocenters. The third kappa shape index (κ3) is 4.98. The molecule has 0 atom stereocenters. The number of carbonyl (C=O) groups excluding carboxylic acids is 2. The van der Waals surface area contributed by atoms with Crippen molar-refractivity contribution in [2.75, 3.05) is 7.11 Å². The summed E-state index contributed by atoms with van der Waals surface area (Å²) in [5, 5.41) is 11.2. The molecule has 0 radical (unpaired) electrons. The standard InChI is InChI=1S/C14H15NO6/c1-8(16)15-11(7-14(18)19)10-4-5-12(21-9(2)17)13(6-10)20-3/h4-7H,1-3H3,(H,15,16)(H,18,19). The number of ether oxygens (including phenoxy) is 2. The maximum Gasteiger partial charge on any atom is 0.330 e. The fraction of sp³-hybridized carbons (Fsp3) is 0.214. The minimum atomic E-state index is -1.21. The average molecular weight is 293 g/mol. The maximum atomic E-state index is 11.1. The van der Waals surface area contributed by atoms with Crippen LogP contribution >= 0.6 is 0 Å². The number of carboxylic acids is 1. The fourth-order valence-corrected chi connectivity index (χ4v) is 1.58. The molecule has 0 heterocycles. The summed E-state index contributed by atoms with van der Waals surface area (Å²) < 4.78 is 10.0. The van der Waals surface area contributed by atoms with E-state index in [-0.39, 0.29) is 17.2 Å². The minimum Gasteiger partial charge on any atom is -0.493 e. The van der Waals surface area contributed by atoms with Crippen LogP contribution in [0.4, 0.5) is 0 Å². The van der Waals surface area contributed by atoms with E-state index in [0.29, 0.717) is 5.56 Å². The van der Waals surface area contributed by atoms with Gasteiger partial charge in [0.25, 0.3) is 0 Å². The number of hydrogen-bond acceptors (Lipinski definition) is 5. The van der Waals surface area contributed by atoms with Crippen molar-refractivity contribution in [3.63, 3.8) is 0 Å². The van der Waals surface area contributed by atoms with E-state index in [1.54, 1.807) is 0 Å². The normalized spacial score (nSPS) is 10.7. The third-order valence-electron chi connectivity index (χ3n) is 2.31. The van der Waals surface area contributed by atoms with Gasteiger partial charge in [0.15, 0.2) is 11.5 Å². The predicted octanol–water partition coefficient (Wildman–Crippen LogP) is 1.18. The summed E-state index contributed by atoms with van der Waals surface area (Å²) in [5.41, 5.74) is 0.503. The molecule has 21 heavy (non-hydrogen) atoms. The summed E-state index contributed by atoms with van der Waals surface area (Å²) in [6, 6.07) is 4.42. The lowest BCUT2D eigenvalue weighted by atomic mass is 10.1. The predicted molar refractivity (Wildman–Crippen MR) is 73.7 cm³/mol.